The number of H-pyrrole nitrogens is 1. The van der Waals surface area contributed by atoms with E-state index in [-0.39, 0.29) is 11.6 Å². The number of piperidine rings is 1. The van der Waals surface area contributed by atoms with Crippen LogP contribution in [0.1, 0.15) is 47.8 Å². The molecular weight excluding hydrogens is 304 g/mol. The topological polar surface area (TPSA) is 74.8 Å². The van der Waals surface area contributed by atoms with Gasteiger partial charge < -0.3 is 4.90 Å². The van der Waals surface area contributed by atoms with E-state index < -0.39 is 17.5 Å². The van der Waals surface area contributed by atoms with Gasteiger partial charge in [0.25, 0.3) is 5.91 Å². The molecule has 0 radical (unpaired) electrons. The highest BCUT2D eigenvalue weighted by Crippen LogP contribution is 2.26. The monoisotopic (exact) mass is 321 g/mol. The number of nitrogens with zero attached hydrogens (tertiary/aromatic N) is 4. The van der Waals surface area contributed by atoms with E-state index in [1.165, 1.54) is 4.90 Å². The summed E-state index contributed by atoms with van der Waals surface area (Å²) < 4.78 is 26.5. The van der Waals surface area contributed by atoms with Gasteiger partial charge in [-0.05, 0) is 12.8 Å². The zero-order chi connectivity index (χ0) is 16.4. The molecule has 0 aromatic carbocycles. The number of carbonyl (C=O) groups is 1. The third-order valence-corrected chi connectivity index (χ3v) is 4.04. The number of halogens is 2. The van der Waals surface area contributed by atoms with Gasteiger partial charge in [-0.2, -0.15) is 5.10 Å². The van der Waals surface area contributed by atoms with Crippen molar-refractivity contribution < 1.29 is 13.6 Å². The second kappa shape index (κ2) is 6.39. The number of aromatic nitrogens is 4. The molecule has 1 aliphatic rings. The lowest BCUT2D eigenvalue weighted by Crippen LogP contribution is -2.39. The highest BCUT2D eigenvalue weighted by molar-refractivity contribution is 5.92. The first-order valence-electron chi connectivity index (χ1n) is 7.60. The van der Waals surface area contributed by atoms with Crippen molar-refractivity contribution in [3.8, 4) is 0 Å². The highest BCUT2D eigenvalue weighted by Gasteiger charge is 2.28. The van der Waals surface area contributed by atoms with Crippen LogP contribution >= 0.6 is 0 Å². The number of amides is 1. The van der Waals surface area contributed by atoms with Crippen molar-refractivity contribution in [2.75, 3.05) is 13.1 Å². The number of pyridine rings is 1. The van der Waals surface area contributed by atoms with Crippen LogP contribution in [0.3, 0.4) is 0 Å². The van der Waals surface area contributed by atoms with Crippen molar-refractivity contribution in [1.82, 2.24) is 25.1 Å². The molecule has 2 aromatic heterocycles. The van der Waals surface area contributed by atoms with E-state index in [0.717, 1.165) is 24.3 Å². The molecule has 2 aromatic rings. The fourth-order valence-corrected chi connectivity index (χ4v) is 2.71. The molecule has 0 spiro atoms. The normalized spacial score (nSPS) is 15.9. The molecule has 0 unspecified atom stereocenters. The van der Waals surface area contributed by atoms with E-state index in [1.54, 1.807) is 0 Å². The van der Waals surface area contributed by atoms with Gasteiger partial charge in [0.05, 0.1) is 6.20 Å². The molecule has 1 N–H and O–H groups in total. The van der Waals surface area contributed by atoms with Crippen molar-refractivity contribution in [3.63, 3.8) is 0 Å². The van der Waals surface area contributed by atoms with Crippen molar-refractivity contribution >= 4 is 5.91 Å². The maximum absolute atomic E-state index is 13.7. The van der Waals surface area contributed by atoms with Crippen LogP contribution in [0.2, 0.25) is 0 Å². The first-order valence-corrected chi connectivity index (χ1v) is 7.60. The summed E-state index contributed by atoms with van der Waals surface area (Å²) >= 11 is 0. The Kier molecular flexibility index (Phi) is 4.31. The van der Waals surface area contributed by atoms with Gasteiger partial charge in [-0.15, -0.1) is 0 Å². The van der Waals surface area contributed by atoms with E-state index in [2.05, 4.69) is 20.2 Å². The van der Waals surface area contributed by atoms with E-state index in [1.807, 2.05) is 6.92 Å². The predicted molar refractivity (Wildman–Crippen MR) is 77.8 cm³/mol. The molecule has 3 rings (SSSR count). The third-order valence-electron chi connectivity index (χ3n) is 4.04. The van der Waals surface area contributed by atoms with Gasteiger partial charge >= 0.3 is 0 Å². The van der Waals surface area contributed by atoms with Crippen LogP contribution in [0, 0.1) is 11.6 Å². The summed E-state index contributed by atoms with van der Waals surface area (Å²) in [4.78, 5) is 21.8. The molecule has 0 saturated carbocycles. The van der Waals surface area contributed by atoms with Crippen molar-refractivity contribution in [1.29, 1.82) is 0 Å². The second-order valence-corrected chi connectivity index (χ2v) is 5.54. The summed E-state index contributed by atoms with van der Waals surface area (Å²) in [5.74, 6) is -0.448. The Balaban J connectivity index is 1.65. The zero-order valence-electron chi connectivity index (χ0n) is 12.7. The van der Waals surface area contributed by atoms with Gasteiger partial charge in [0.1, 0.15) is 11.6 Å². The molecule has 6 nitrogen and oxygen atoms in total. The van der Waals surface area contributed by atoms with Gasteiger partial charge in [-0.1, -0.05) is 6.92 Å². The minimum Gasteiger partial charge on any atom is -0.337 e. The molecule has 0 atom stereocenters. The molecule has 0 aliphatic carbocycles. The smallest absolute Gasteiger partial charge is 0.275 e. The number of aromatic amines is 1. The Labute approximate surface area is 131 Å². The van der Waals surface area contributed by atoms with Crippen LogP contribution in [0.5, 0.6) is 0 Å². The van der Waals surface area contributed by atoms with Crippen LogP contribution in [0.25, 0.3) is 0 Å². The number of nitrogens with one attached hydrogen (secondary N) is 1. The molecule has 122 valence electrons. The van der Waals surface area contributed by atoms with Gasteiger partial charge in [0, 0.05) is 31.5 Å². The summed E-state index contributed by atoms with van der Waals surface area (Å²) in [6.07, 6.45) is 3.05. The summed E-state index contributed by atoms with van der Waals surface area (Å²) in [6.45, 7) is 2.94. The van der Waals surface area contributed by atoms with Gasteiger partial charge in [-0.25, -0.2) is 18.7 Å². The zero-order valence-corrected chi connectivity index (χ0v) is 12.7. The highest BCUT2D eigenvalue weighted by atomic mass is 19.1. The Bertz CT molecular complexity index is 710. The molecule has 0 bridgehead atoms. The number of hydrogen-bond donors (Lipinski definition) is 1. The SMILES string of the molecule is CCc1nc(C2CCN(C(=O)c3ncc(F)cc3F)CC2)n[nH]1. The van der Waals surface area contributed by atoms with Crippen molar-refractivity contribution in [2.45, 2.75) is 32.1 Å². The Hall–Kier alpha value is -2.38. The van der Waals surface area contributed by atoms with Crippen molar-refractivity contribution in [3.05, 3.63) is 41.2 Å². The Morgan fingerprint density at radius 3 is 2.74 bits per heavy atom. The number of rotatable bonds is 3. The minimum absolute atomic E-state index is 0.182. The fraction of sp³-hybridized carbons (Fsp3) is 0.467. The second-order valence-electron chi connectivity index (χ2n) is 5.54. The molecule has 23 heavy (non-hydrogen) atoms. The molecule has 8 heteroatoms. The predicted octanol–water partition coefficient (Wildman–Crippen LogP) is 2.06. The van der Waals surface area contributed by atoms with E-state index in [4.69, 9.17) is 0 Å². The van der Waals surface area contributed by atoms with Crippen LogP contribution in [0.4, 0.5) is 8.78 Å². The van der Waals surface area contributed by atoms with Crippen LogP contribution in [0.15, 0.2) is 12.3 Å². The first-order chi connectivity index (χ1) is 11.1. The molecular formula is C15H17F2N5O. The van der Waals surface area contributed by atoms with Gasteiger partial charge in [0.2, 0.25) is 0 Å². The molecule has 1 fully saturated rings. The molecule has 3 heterocycles. The maximum Gasteiger partial charge on any atom is 0.275 e. The van der Waals surface area contributed by atoms with Crippen LogP contribution < -0.4 is 0 Å². The van der Waals surface area contributed by atoms with Gasteiger partial charge in [-0.3, -0.25) is 9.89 Å². The summed E-state index contributed by atoms with van der Waals surface area (Å²) in [7, 11) is 0. The fourth-order valence-electron chi connectivity index (χ4n) is 2.71. The number of carbonyl (C=O) groups excluding carboxylic acids is 1. The lowest BCUT2D eigenvalue weighted by atomic mass is 9.96. The largest absolute Gasteiger partial charge is 0.337 e. The maximum atomic E-state index is 13.7. The molecule has 1 aliphatic heterocycles. The molecule has 1 saturated heterocycles. The van der Waals surface area contributed by atoms with E-state index in [9.17, 15) is 13.6 Å². The Morgan fingerprint density at radius 1 is 1.39 bits per heavy atom. The Morgan fingerprint density at radius 2 is 2.13 bits per heavy atom. The summed E-state index contributed by atoms with van der Waals surface area (Å²) in [5.41, 5.74) is -0.337. The average molecular weight is 321 g/mol. The number of hydrogen-bond acceptors (Lipinski definition) is 4. The quantitative estimate of drug-likeness (QED) is 0.939. The van der Waals surface area contributed by atoms with Crippen molar-refractivity contribution in [2.24, 2.45) is 0 Å². The average Bonchev–Trinajstić information content (AvgIpc) is 3.03. The van der Waals surface area contributed by atoms with Crippen LogP contribution in [-0.4, -0.2) is 44.1 Å². The van der Waals surface area contributed by atoms with E-state index >= 15 is 0 Å². The number of likely N-dealkylation sites (tertiary alicyclic amines) is 1. The first kappa shape index (κ1) is 15.5. The standard InChI is InChI=1S/C15H17F2N5O/c1-2-12-19-14(21-20-12)9-3-5-22(6-4-9)15(23)13-11(17)7-10(16)8-18-13/h7-9H,2-6H2,1H3,(H,19,20,21). The van der Waals surface area contributed by atoms with Crippen LogP contribution in [-0.2, 0) is 6.42 Å². The summed E-state index contributed by atoms with van der Waals surface area (Å²) in [5, 5.41) is 7.10. The third kappa shape index (κ3) is 3.20. The number of aryl methyl sites for hydroxylation is 1. The van der Waals surface area contributed by atoms with Gasteiger partial charge in [0.15, 0.2) is 17.3 Å². The lowest BCUT2D eigenvalue weighted by Gasteiger charge is -2.30. The summed E-state index contributed by atoms with van der Waals surface area (Å²) in [6, 6.07) is 0.674. The molecule has 1 amide bonds. The van der Waals surface area contributed by atoms with E-state index in [0.29, 0.717) is 32.0 Å². The lowest BCUT2D eigenvalue weighted by molar-refractivity contribution is 0.0699. The minimum atomic E-state index is -0.932.